The maximum atomic E-state index is 7.82. The van der Waals surface area contributed by atoms with Crippen molar-refractivity contribution in [1.82, 2.24) is 0 Å². The van der Waals surface area contributed by atoms with Gasteiger partial charge in [-0.1, -0.05) is 6.92 Å². The van der Waals surface area contributed by atoms with Crippen LogP contribution in [-0.4, -0.2) is 11.0 Å². The molecule has 1 nitrogen and oxygen atoms in total. The first kappa shape index (κ1) is 9.20. The van der Waals surface area contributed by atoms with Gasteiger partial charge < -0.3 is 0 Å². The monoisotopic (exact) mass is 101 g/mol. The molecule has 0 aliphatic rings. The lowest BCUT2D eigenvalue weighted by Crippen LogP contribution is -1.53. The molecule has 0 aromatic carbocycles. The van der Waals surface area contributed by atoms with E-state index in [0.717, 1.165) is 6.42 Å². The largest absolute Gasteiger partial charge is 0.198 e. The van der Waals surface area contributed by atoms with Gasteiger partial charge in [-0.3, -0.25) is 0 Å². The molecule has 0 rings (SSSR count). The molecule has 0 N–H and O–H groups in total. The zero-order valence-corrected chi connectivity index (χ0v) is 3.36. The first-order valence-corrected chi connectivity index (χ1v) is 1.78. The molecule has 0 saturated heterocycles. The highest BCUT2D eigenvalue weighted by Crippen LogP contribution is 1.77. The Morgan fingerprint density at radius 1 is 1.67 bits per heavy atom. The number of nitrogens with zero attached hydrogens (tertiary/aromatic N) is 1. The van der Waals surface area contributed by atoms with Crippen molar-refractivity contribution in [2.45, 2.75) is 19.8 Å². The predicted molar refractivity (Wildman–Crippen MR) is 31.9 cm³/mol. The van der Waals surface area contributed by atoms with Crippen molar-refractivity contribution in [2.24, 2.45) is 0 Å². The minimum absolute atomic E-state index is 0. The standard InChI is InChI=1S/C4H7N.H4Si/c1-2-3-4-5;/h2-3H2,1H3;1H4. The van der Waals surface area contributed by atoms with Gasteiger partial charge in [0, 0.05) is 6.42 Å². The van der Waals surface area contributed by atoms with E-state index in [1.54, 1.807) is 0 Å². The van der Waals surface area contributed by atoms with Crippen LogP contribution in [0.2, 0.25) is 0 Å². The smallest absolute Gasteiger partial charge is 0.0621 e. The molecular weight excluding hydrogens is 90.1 g/mol. The third-order valence-electron chi connectivity index (χ3n) is 0.362. The molecule has 0 aromatic heterocycles. The number of hydrogen-bond acceptors (Lipinski definition) is 1. The molecule has 0 bridgehead atoms. The summed E-state index contributed by atoms with van der Waals surface area (Å²) in [7, 11) is 0. The van der Waals surface area contributed by atoms with Gasteiger partial charge in [-0.05, 0) is 17.4 Å². The van der Waals surface area contributed by atoms with E-state index < -0.39 is 0 Å². The highest BCUT2D eigenvalue weighted by atomic mass is 28.1. The van der Waals surface area contributed by atoms with E-state index in [4.69, 9.17) is 5.26 Å². The highest BCUT2D eigenvalue weighted by Gasteiger charge is 1.65. The summed E-state index contributed by atoms with van der Waals surface area (Å²) in [5.41, 5.74) is 0. The van der Waals surface area contributed by atoms with E-state index in [2.05, 4.69) is 0 Å². The third-order valence-corrected chi connectivity index (χ3v) is 0.362. The lowest BCUT2D eigenvalue weighted by molar-refractivity contribution is 0.969. The van der Waals surface area contributed by atoms with Crippen molar-refractivity contribution in [2.75, 3.05) is 0 Å². The molecule has 0 aliphatic heterocycles. The van der Waals surface area contributed by atoms with E-state index in [9.17, 15) is 0 Å². The summed E-state index contributed by atoms with van der Waals surface area (Å²) in [6.07, 6.45) is 1.68. The molecule has 2 heteroatoms. The molecule has 0 aromatic rings. The van der Waals surface area contributed by atoms with Gasteiger partial charge in [0.25, 0.3) is 0 Å². The second-order valence-electron chi connectivity index (χ2n) is 0.908. The Balaban J connectivity index is 0. The molecule has 0 radical (unpaired) electrons. The Labute approximate surface area is 43.0 Å². The molecule has 6 heavy (non-hydrogen) atoms. The molecule has 0 atom stereocenters. The van der Waals surface area contributed by atoms with E-state index in [0.29, 0.717) is 6.42 Å². The number of nitriles is 1. The van der Waals surface area contributed by atoms with E-state index in [-0.39, 0.29) is 11.0 Å². The van der Waals surface area contributed by atoms with Crippen LogP contribution in [0.3, 0.4) is 0 Å². The van der Waals surface area contributed by atoms with Crippen molar-refractivity contribution in [1.29, 1.82) is 5.26 Å². The summed E-state index contributed by atoms with van der Waals surface area (Å²) in [6, 6.07) is 2.02. The van der Waals surface area contributed by atoms with Crippen LogP contribution in [0.1, 0.15) is 19.8 Å². The summed E-state index contributed by atoms with van der Waals surface area (Å²) < 4.78 is 0. The average molecular weight is 101 g/mol. The van der Waals surface area contributed by atoms with Crippen LogP contribution >= 0.6 is 0 Å². The second-order valence-corrected chi connectivity index (χ2v) is 0.908. The van der Waals surface area contributed by atoms with Gasteiger partial charge in [0.05, 0.1) is 6.07 Å². The molecule has 0 fully saturated rings. The Bertz CT molecular complexity index is 46.0. The first-order chi connectivity index (χ1) is 2.41. The molecular formula is C4H11NSi. The van der Waals surface area contributed by atoms with Gasteiger partial charge in [-0.25, -0.2) is 0 Å². The van der Waals surface area contributed by atoms with Gasteiger partial charge in [0.1, 0.15) is 0 Å². The summed E-state index contributed by atoms with van der Waals surface area (Å²) >= 11 is 0. The fourth-order valence-electron chi connectivity index (χ4n) is 0.112. The maximum absolute atomic E-state index is 7.82. The fraction of sp³-hybridized carbons (Fsp3) is 0.750. The SMILES string of the molecule is CCCC#N.[SiH4]. The molecule has 0 saturated carbocycles. The quantitative estimate of drug-likeness (QED) is 0.422. The topological polar surface area (TPSA) is 23.8 Å². The van der Waals surface area contributed by atoms with Gasteiger partial charge in [-0.2, -0.15) is 5.26 Å². The van der Waals surface area contributed by atoms with Crippen LogP contribution < -0.4 is 0 Å². The minimum atomic E-state index is 0. The Morgan fingerprint density at radius 2 is 2.17 bits per heavy atom. The molecule has 0 unspecified atom stereocenters. The lowest BCUT2D eigenvalue weighted by atomic mass is 10.4. The Morgan fingerprint density at radius 3 is 2.17 bits per heavy atom. The summed E-state index contributed by atoms with van der Waals surface area (Å²) in [6.45, 7) is 1.99. The van der Waals surface area contributed by atoms with E-state index in [1.807, 2.05) is 13.0 Å². The number of unbranched alkanes of at least 4 members (excludes halogenated alkanes) is 1. The van der Waals surface area contributed by atoms with Crippen molar-refractivity contribution < 1.29 is 0 Å². The normalized spacial score (nSPS) is 5.33. The molecule has 0 amide bonds. The van der Waals surface area contributed by atoms with Gasteiger partial charge >= 0.3 is 0 Å². The third kappa shape index (κ3) is 9.32. The van der Waals surface area contributed by atoms with Crippen LogP contribution in [0, 0.1) is 11.3 Å². The molecule has 0 aliphatic carbocycles. The van der Waals surface area contributed by atoms with Crippen LogP contribution in [0.4, 0.5) is 0 Å². The Kier molecular flexibility index (Phi) is 13.5. The number of hydrogen-bond donors (Lipinski definition) is 0. The molecule has 36 valence electrons. The van der Waals surface area contributed by atoms with Gasteiger partial charge in [0.15, 0.2) is 0 Å². The zero-order valence-electron chi connectivity index (χ0n) is 3.36. The minimum Gasteiger partial charge on any atom is -0.198 e. The Hall–Kier alpha value is -0.293. The van der Waals surface area contributed by atoms with Crippen LogP contribution in [0.25, 0.3) is 0 Å². The zero-order chi connectivity index (χ0) is 4.12. The average Bonchev–Trinajstić information content (AvgIpc) is 1.41. The molecule has 0 heterocycles. The van der Waals surface area contributed by atoms with Crippen LogP contribution in [0.15, 0.2) is 0 Å². The summed E-state index contributed by atoms with van der Waals surface area (Å²) in [5.74, 6) is 0. The van der Waals surface area contributed by atoms with Crippen molar-refractivity contribution in [3.63, 3.8) is 0 Å². The van der Waals surface area contributed by atoms with E-state index in [1.165, 1.54) is 0 Å². The van der Waals surface area contributed by atoms with Crippen LogP contribution in [0.5, 0.6) is 0 Å². The number of rotatable bonds is 1. The molecule has 0 spiro atoms. The van der Waals surface area contributed by atoms with Crippen molar-refractivity contribution in [3.05, 3.63) is 0 Å². The summed E-state index contributed by atoms with van der Waals surface area (Å²) in [4.78, 5) is 0. The highest BCUT2D eigenvalue weighted by molar-refractivity contribution is 5.75. The first-order valence-electron chi connectivity index (χ1n) is 1.78. The summed E-state index contributed by atoms with van der Waals surface area (Å²) in [5, 5.41) is 7.82. The second kappa shape index (κ2) is 8.83. The lowest BCUT2D eigenvalue weighted by Gasteiger charge is -1.65. The van der Waals surface area contributed by atoms with Gasteiger partial charge in [-0.15, -0.1) is 0 Å². The van der Waals surface area contributed by atoms with E-state index >= 15 is 0 Å². The fourth-order valence-corrected chi connectivity index (χ4v) is 0.112. The maximum Gasteiger partial charge on any atom is 0.0621 e. The van der Waals surface area contributed by atoms with Gasteiger partial charge in [0.2, 0.25) is 0 Å². The van der Waals surface area contributed by atoms with Crippen LogP contribution in [-0.2, 0) is 0 Å². The van der Waals surface area contributed by atoms with Crippen molar-refractivity contribution in [3.8, 4) is 6.07 Å². The van der Waals surface area contributed by atoms with Crippen molar-refractivity contribution >= 4 is 11.0 Å². The predicted octanol–water partition coefficient (Wildman–Crippen LogP) is -0.142.